The van der Waals surface area contributed by atoms with Gasteiger partial charge in [-0.3, -0.25) is 4.79 Å². The smallest absolute Gasteiger partial charge is 0.326 e. The van der Waals surface area contributed by atoms with Gasteiger partial charge < -0.3 is 10.1 Å². The molecule has 1 aliphatic carbocycles. The minimum Gasteiger partial charge on any atom is -0.465 e. The molecule has 19 heavy (non-hydrogen) atoms. The van der Waals surface area contributed by atoms with E-state index in [2.05, 4.69) is 29.2 Å². The molecule has 108 valence electrons. The Morgan fingerprint density at radius 3 is 2.79 bits per heavy atom. The van der Waals surface area contributed by atoms with E-state index in [0.29, 0.717) is 31.5 Å². The summed E-state index contributed by atoms with van der Waals surface area (Å²) in [5.74, 6) is 1.03. The third-order valence-corrected chi connectivity index (χ3v) is 3.79. The van der Waals surface area contributed by atoms with Gasteiger partial charge in [-0.2, -0.15) is 0 Å². The van der Waals surface area contributed by atoms with Crippen molar-refractivity contribution in [3.8, 4) is 0 Å². The minimum absolute atomic E-state index is 0.143. The van der Waals surface area contributed by atoms with Crippen molar-refractivity contribution in [2.75, 3.05) is 19.7 Å². The van der Waals surface area contributed by atoms with Crippen LogP contribution in [0.2, 0.25) is 0 Å². The summed E-state index contributed by atoms with van der Waals surface area (Å²) in [6.07, 6.45) is 2.41. The van der Waals surface area contributed by atoms with E-state index >= 15 is 0 Å². The number of ether oxygens (including phenoxy) is 1. The lowest BCUT2D eigenvalue weighted by Crippen LogP contribution is -2.62. The van der Waals surface area contributed by atoms with Crippen LogP contribution >= 0.6 is 0 Å². The molecule has 0 atom stereocenters. The lowest BCUT2D eigenvalue weighted by Gasteiger charge is -2.47. The molecule has 0 aliphatic heterocycles. The highest BCUT2D eigenvalue weighted by atomic mass is 16.5. The Morgan fingerprint density at radius 1 is 1.58 bits per heavy atom. The highest BCUT2D eigenvalue weighted by Crippen LogP contribution is 2.43. The van der Waals surface area contributed by atoms with E-state index in [1.54, 1.807) is 0 Å². The first kappa shape index (κ1) is 15.8. The second-order valence-corrected chi connectivity index (χ2v) is 5.45. The summed E-state index contributed by atoms with van der Waals surface area (Å²) in [5, 5.41) is 6.79. The lowest BCUT2D eigenvalue weighted by atomic mass is 9.64. The highest BCUT2D eigenvalue weighted by molar-refractivity contribution is 5.82. The normalized spacial score (nSPS) is 25.6. The molecule has 0 aromatic rings. The molecule has 0 heterocycles. The van der Waals surface area contributed by atoms with Gasteiger partial charge in [0, 0.05) is 11.5 Å². The van der Waals surface area contributed by atoms with E-state index in [1.807, 2.05) is 6.92 Å². The molecule has 0 unspecified atom stereocenters. The number of hydrogen-bond donors (Lipinski definition) is 1. The average molecular weight is 268 g/mol. The summed E-state index contributed by atoms with van der Waals surface area (Å²) < 4.78 is 5.17. The summed E-state index contributed by atoms with van der Waals surface area (Å²) in [4.78, 5) is 14.8. The molecule has 6 nitrogen and oxygen atoms in total. The number of nitrogens with zero attached hydrogens (tertiary/aromatic N) is 3. The van der Waals surface area contributed by atoms with Gasteiger partial charge in [0.1, 0.15) is 5.54 Å². The number of rotatable bonds is 8. The Hall–Kier alpha value is -1.26. The van der Waals surface area contributed by atoms with E-state index < -0.39 is 5.54 Å². The maximum Gasteiger partial charge on any atom is 0.326 e. The fourth-order valence-corrected chi connectivity index (χ4v) is 2.48. The van der Waals surface area contributed by atoms with E-state index in [0.717, 1.165) is 19.3 Å². The number of esters is 1. The maximum absolute atomic E-state index is 12.1. The van der Waals surface area contributed by atoms with E-state index in [-0.39, 0.29) is 5.97 Å². The van der Waals surface area contributed by atoms with Crippen molar-refractivity contribution in [2.45, 2.75) is 45.6 Å². The summed E-state index contributed by atoms with van der Waals surface area (Å²) in [5.41, 5.74) is 7.69. The van der Waals surface area contributed by atoms with Crippen molar-refractivity contribution >= 4 is 5.97 Å². The van der Waals surface area contributed by atoms with Crippen molar-refractivity contribution in [1.82, 2.24) is 5.32 Å². The van der Waals surface area contributed by atoms with Crippen LogP contribution in [0.4, 0.5) is 0 Å². The van der Waals surface area contributed by atoms with Crippen molar-refractivity contribution in [1.29, 1.82) is 0 Å². The molecule has 0 aromatic carbocycles. The number of carbonyl (C=O) groups is 1. The van der Waals surface area contributed by atoms with Gasteiger partial charge in [-0.15, -0.1) is 0 Å². The summed E-state index contributed by atoms with van der Waals surface area (Å²) in [7, 11) is 0. The molecule has 0 spiro atoms. The second kappa shape index (κ2) is 7.36. The molecule has 0 bridgehead atoms. The molecule has 0 saturated heterocycles. The van der Waals surface area contributed by atoms with Crippen LogP contribution in [0.15, 0.2) is 5.11 Å². The maximum atomic E-state index is 12.1. The summed E-state index contributed by atoms with van der Waals surface area (Å²) >= 11 is 0. The van der Waals surface area contributed by atoms with E-state index in [1.165, 1.54) is 0 Å². The Kier molecular flexibility index (Phi) is 6.12. The molecule has 1 N–H and O–H groups in total. The zero-order chi connectivity index (χ0) is 14.3. The summed E-state index contributed by atoms with van der Waals surface area (Å²) in [6.45, 7) is 7.72. The van der Waals surface area contributed by atoms with E-state index in [9.17, 15) is 4.79 Å². The summed E-state index contributed by atoms with van der Waals surface area (Å²) in [6, 6.07) is 0. The predicted molar refractivity (Wildman–Crippen MR) is 73.6 cm³/mol. The topological polar surface area (TPSA) is 87.1 Å². The van der Waals surface area contributed by atoms with Crippen LogP contribution in [-0.2, 0) is 9.53 Å². The van der Waals surface area contributed by atoms with Crippen LogP contribution in [0.1, 0.15) is 40.0 Å². The Balaban J connectivity index is 2.48. The molecule has 1 saturated carbocycles. The predicted octanol–water partition coefficient (Wildman–Crippen LogP) is 2.64. The molecule has 1 rings (SSSR count). The van der Waals surface area contributed by atoms with Gasteiger partial charge in [-0.25, -0.2) is 0 Å². The average Bonchev–Trinajstić information content (AvgIpc) is 2.31. The Labute approximate surface area is 114 Å². The zero-order valence-electron chi connectivity index (χ0n) is 12.1. The number of hydrogen-bond acceptors (Lipinski definition) is 4. The van der Waals surface area contributed by atoms with Gasteiger partial charge in [-0.05, 0) is 50.1 Å². The number of azide groups is 1. The minimum atomic E-state index is -0.513. The fourth-order valence-electron chi connectivity index (χ4n) is 2.48. The van der Waals surface area contributed by atoms with Crippen LogP contribution in [-0.4, -0.2) is 31.2 Å². The largest absolute Gasteiger partial charge is 0.465 e. The molecule has 0 amide bonds. The van der Waals surface area contributed by atoms with Crippen LogP contribution in [0.5, 0.6) is 0 Å². The van der Waals surface area contributed by atoms with Gasteiger partial charge in [-0.1, -0.05) is 19.0 Å². The number of nitrogens with one attached hydrogen (secondary N) is 1. The third-order valence-electron chi connectivity index (χ3n) is 3.79. The van der Waals surface area contributed by atoms with Crippen molar-refractivity contribution in [2.24, 2.45) is 17.0 Å². The SMILES string of the molecule is CCOC(=O)C1(NCCCN=[N+]=[N-])CC(C(C)C)C1. The monoisotopic (exact) mass is 268 g/mol. The Morgan fingerprint density at radius 2 is 2.26 bits per heavy atom. The first-order chi connectivity index (χ1) is 9.05. The third kappa shape index (κ3) is 4.11. The van der Waals surface area contributed by atoms with Crippen molar-refractivity contribution in [3.63, 3.8) is 0 Å². The quantitative estimate of drug-likeness (QED) is 0.241. The van der Waals surface area contributed by atoms with Gasteiger partial charge in [0.15, 0.2) is 0 Å². The highest BCUT2D eigenvalue weighted by Gasteiger charge is 2.51. The molecule has 0 radical (unpaired) electrons. The molecule has 0 aromatic heterocycles. The van der Waals surface area contributed by atoms with Gasteiger partial charge in [0.25, 0.3) is 0 Å². The zero-order valence-corrected chi connectivity index (χ0v) is 12.1. The van der Waals surface area contributed by atoms with Gasteiger partial charge >= 0.3 is 5.97 Å². The lowest BCUT2D eigenvalue weighted by molar-refractivity contribution is -0.158. The van der Waals surface area contributed by atoms with Crippen molar-refractivity contribution in [3.05, 3.63) is 10.4 Å². The first-order valence-corrected chi connectivity index (χ1v) is 6.99. The Bertz CT molecular complexity index is 345. The molecule has 1 fully saturated rings. The fraction of sp³-hybridized carbons (Fsp3) is 0.923. The standard InChI is InChI=1S/C13H24N4O2/c1-4-19-12(18)13(8-11(9-13)10(2)3)15-6-5-7-16-17-14/h10-11,15H,4-9H2,1-3H3. The second-order valence-electron chi connectivity index (χ2n) is 5.45. The molecule has 1 aliphatic rings. The van der Waals surface area contributed by atoms with E-state index in [4.69, 9.17) is 10.3 Å². The van der Waals surface area contributed by atoms with Crippen LogP contribution < -0.4 is 5.32 Å². The van der Waals surface area contributed by atoms with Crippen molar-refractivity contribution < 1.29 is 9.53 Å². The van der Waals surface area contributed by atoms with Gasteiger partial charge in [0.2, 0.25) is 0 Å². The molecular weight excluding hydrogens is 244 g/mol. The molecule has 6 heteroatoms. The van der Waals surface area contributed by atoms with Crippen LogP contribution in [0.25, 0.3) is 10.4 Å². The molecular formula is C13H24N4O2. The van der Waals surface area contributed by atoms with Gasteiger partial charge in [0.05, 0.1) is 6.61 Å². The number of carbonyl (C=O) groups excluding carboxylic acids is 1. The van der Waals surface area contributed by atoms with Crippen LogP contribution in [0, 0.1) is 11.8 Å². The first-order valence-electron chi connectivity index (χ1n) is 6.99. The van der Waals surface area contributed by atoms with Crippen LogP contribution in [0.3, 0.4) is 0 Å².